The Bertz CT molecular complexity index is 1660. The summed E-state index contributed by atoms with van der Waals surface area (Å²) < 4.78 is 11.6. The summed E-state index contributed by atoms with van der Waals surface area (Å²) in [5.41, 5.74) is 4.22. The maximum absolute atomic E-state index is 12.2. The minimum atomic E-state index is -0.529. The molecule has 2 aromatic heterocycles. The van der Waals surface area contributed by atoms with Crippen LogP contribution in [0, 0.1) is 6.92 Å². The number of aromatic nitrogens is 4. The molecule has 12 heteroatoms. The van der Waals surface area contributed by atoms with Gasteiger partial charge in [-0.3, -0.25) is 4.99 Å². The normalized spacial score (nSPS) is 13.3. The fourth-order valence-electron chi connectivity index (χ4n) is 4.96. The number of aryl methyl sites for hydroxylation is 1. The van der Waals surface area contributed by atoms with Crippen molar-refractivity contribution in [3.8, 4) is 11.5 Å². The van der Waals surface area contributed by atoms with E-state index in [0.29, 0.717) is 41.6 Å². The fourth-order valence-corrected chi connectivity index (χ4v) is 4.96. The molecular weight excluding hydrogens is 582 g/mol. The van der Waals surface area contributed by atoms with Crippen LogP contribution >= 0.6 is 0 Å². The molecule has 1 saturated heterocycles. The first-order chi connectivity index (χ1) is 22.0. The molecule has 3 heterocycles. The lowest BCUT2D eigenvalue weighted by molar-refractivity contribution is 0.0497. The molecule has 244 valence electrons. The van der Waals surface area contributed by atoms with Gasteiger partial charge in [-0.05, 0) is 83.1 Å². The van der Waals surface area contributed by atoms with E-state index in [4.69, 9.17) is 14.5 Å². The van der Waals surface area contributed by atoms with Crippen molar-refractivity contribution in [2.75, 3.05) is 42.3 Å². The smallest absolute Gasteiger partial charge is 0.407 e. The van der Waals surface area contributed by atoms with E-state index in [-0.39, 0.29) is 6.04 Å². The Morgan fingerprint density at radius 3 is 2.46 bits per heavy atom. The zero-order valence-corrected chi connectivity index (χ0v) is 28.1. The van der Waals surface area contributed by atoms with Crippen LogP contribution in [-0.2, 0) is 4.74 Å². The Morgan fingerprint density at radius 2 is 1.80 bits per heavy atom. The molecule has 1 amide bonds. The van der Waals surface area contributed by atoms with Gasteiger partial charge in [0.15, 0.2) is 5.82 Å². The number of hydrogen-bond acceptors (Lipinski definition) is 11. The van der Waals surface area contributed by atoms with Crippen LogP contribution in [0.2, 0.25) is 0 Å². The van der Waals surface area contributed by atoms with Crippen LogP contribution in [0.3, 0.4) is 0 Å². The molecule has 4 aromatic rings. The third-order valence-corrected chi connectivity index (χ3v) is 7.13. The van der Waals surface area contributed by atoms with Gasteiger partial charge >= 0.3 is 6.09 Å². The van der Waals surface area contributed by atoms with Gasteiger partial charge < -0.3 is 29.9 Å². The number of hydrogen-bond donors (Lipinski definition) is 2. The average molecular weight is 628 g/mol. The van der Waals surface area contributed by atoms with Crippen LogP contribution in [-0.4, -0.2) is 71.6 Å². The van der Waals surface area contributed by atoms with Crippen LogP contribution in [0.1, 0.15) is 53.0 Å². The zero-order chi connectivity index (χ0) is 33.4. The first-order valence-electron chi connectivity index (χ1n) is 15.5. The maximum Gasteiger partial charge on any atom is 0.407 e. The monoisotopic (exact) mass is 627 g/mol. The van der Waals surface area contributed by atoms with E-state index < -0.39 is 11.7 Å². The lowest BCUT2D eigenvalue weighted by Gasteiger charge is -2.32. The van der Waals surface area contributed by atoms with Gasteiger partial charge in [-0.2, -0.15) is 0 Å². The summed E-state index contributed by atoms with van der Waals surface area (Å²) in [5.74, 6) is 2.58. The summed E-state index contributed by atoms with van der Waals surface area (Å²) in [4.78, 5) is 38.6. The number of nitrogens with zero attached hydrogens (tertiary/aromatic N) is 7. The second kappa shape index (κ2) is 14.9. The van der Waals surface area contributed by atoms with Crippen molar-refractivity contribution in [1.82, 2.24) is 25.3 Å². The van der Waals surface area contributed by atoms with E-state index >= 15 is 0 Å². The van der Waals surface area contributed by atoms with Gasteiger partial charge in [0.25, 0.3) is 0 Å². The van der Waals surface area contributed by atoms with Crippen molar-refractivity contribution >= 4 is 52.7 Å². The molecule has 0 saturated carbocycles. The van der Waals surface area contributed by atoms with Crippen molar-refractivity contribution in [1.29, 1.82) is 0 Å². The van der Waals surface area contributed by atoms with E-state index in [0.717, 1.165) is 41.2 Å². The third-order valence-electron chi connectivity index (χ3n) is 7.13. The predicted octanol–water partition coefficient (Wildman–Crippen LogP) is 7.18. The van der Waals surface area contributed by atoms with E-state index in [1.54, 1.807) is 6.20 Å². The molecule has 46 heavy (non-hydrogen) atoms. The highest BCUT2D eigenvalue weighted by Crippen LogP contribution is 2.35. The van der Waals surface area contributed by atoms with Crippen molar-refractivity contribution < 1.29 is 14.3 Å². The molecule has 1 aliphatic heterocycles. The quantitative estimate of drug-likeness (QED) is 0.194. The number of carbonyl (C=O) groups excluding carboxylic acids is 1. The topological polar surface area (TPSA) is 130 Å². The number of rotatable bonds is 8. The molecular formula is C34H45N9O3. The Morgan fingerprint density at radius 1 is 1.07 bits per heavy atom. The number of aliphatic imine (C=N–C) groups is 1. The number of alkyl carbamates (subject to hydrolysis) is 1. The largest absolute Gasteiger partial charge is 0.457 e. The number of benzene rings is 2. The fraction of sp³-hybridized carbons (Fsp3) is 0.412. The van der Waals surface area contributed by atoms with E-state index in [1.165, 1.54) is 6.33 Å². The minimum Gasteiger partial charge on any atom is -0.457 e. The first kappa shape index (κ1) is 33.9. The summed E-state index contributed by atoms with van der Waals surface area (Å²) in [7, 11) is 3.93. The Hall–Kier alpha value is -5.00. The van der Waals surface area contributed by atoms with Gasteiger partial charge in [0.2, 0.25) is 5.95 Å². The molecule has 0 unspecified atom stereocenters. The van der Waals surface area contributed by atoms with Crippen LogP contribution in [0.4, 0.5) is 33.6 Å². The number of fused-ring (bicyclic) bond motifs is 1. The number of ether oxygens (including phenoxy) is 2. The van der Waals surface area contributed by atoms with Gasteiger partial charge in [-0.15, -0.1) is 0 Å². The molecule has 12 nitrogen and oxygen atoms in total. The second-order valence-corrected chi connectivity index (χ2v) is 11.9. The highest BCUT2D eigenvalue weighted by molar-refractivity contribution is 5.87. The molecule has 0 atom stereocenters. The van der Waals surface area contributed by atoms with E-state index in [9.17, 15) is 4.79 Å². The molecule has 2 aromatic carbocycles. The van der Waals surface area contributed by atoms with Crippen LogP contribution in [0.5, 0.6) is 11.5 Å². The molecule has 0 aliphatic carbocycles. The van der Waals surface area contributed by atoms with Crippen LogP contribution in [0.15, 0.2) is 53.9 Å². The van der Waals surface area contributed by atoms with Gasteiger partial charge in [0, 0.05) is 45.0 Å². The molecule has 1 fully saturated rings. The molecule has 2 N–H and O–H groups in total. The first-order valence-corrected chi connectivity index (χ1v) is 15.5. The summed E-state index contributed by atoms with van der Waals surface area (Å²) >= 11 is 0. The lowest BCUT2D eigenvalue weighted by Crippen LogP contribution is -2.46. The molecule has 0 radical (unpaired) electrons. The number of piperidine rings is 1. The van der Waals surface area contributed by atoms with Gasteiger partial charge in [0.05, 0.1) is 17.6 Å². The van der Waals surface area contributed by atoms with Gasteiger partial charge in [-0.1, -0.05) is 13.8 Å². The number of anilines is 4. The highest BCUT2D eigenvalue weighted by atomic mass is 16.6. The zero-order valence-electron chi connectivity index (χ0n) is 28.1. The predicted molar refractivity (Wildman–Crippen MR) is 186 cm³/mol. The Labute approximate surface area is 271 Å². The SMILES string of the molecule is C=Nc1cc(Oc2ccc(Nc3ncnc4cnc(N5CCC(NC(=O)OC(C)(C)C)CC5)nc34)cc2C)ccc1N(C)C.CC. The van der Waals surface area contributed by atoms with Crippen molar-refractivity contribution in [2.45, 2.75) is 66.0 Å². The lowest BCUT2D eigenvalue weighted by atomic mass is 10.1. The average Bonchev–Trinajstić information content (AvgIpc) is 3.02. The highest BCUT2D eigenvalue weighted by Gasteiger charge is 2.25. The summed E-state index contributed by atoms with van der Waals surface area (Å²) in [6.45, 7) is 16.6. The summed E-state index contributed by atoms with van der Waals surface area (Å²) in [6.07, 6.45) is 4.34. The Balaban J connectivity index is 0.00000235. The molecule has 0 bridgehead atoms. The minimum absolute atomic E-state index is 0.0374. The van der Waals surface area contributed by atoms with Crippen LogP contribution in [0.25, 0.3) is 11.0 Å². The van der Waals surface area contributed by atoms with E-state index in [2.05, 4.69) is 42.2 Å². The van der Waals surface area contributed by atoms with Crippen molar-refractivity contribution in [2.24, 2.45) is 4.99 Å². The summed E-state index contributed by atoms with van der Waals surface area (Å²) in [6, 6.07) is 11.6. The van der Waals surface area contributed by atoms with Gasteiger partial charge in [-0.25, -0.2) is 24.7 Å². The standard InChI is InChI=1S/C32H39N9O3.C2H6/c1-20-16-22(8-11-27(20)43-23-9-10-26(40(6)7)24(17-23)33-5)37-29-28-25(35-19-36-29)18-34-30(39-28)41-14-12-21(13-15-41)38-31(42)44-32(2,3)4;1-2/h8-11,16-19,21H,5,12-15H2,1-4,6-7H3,(H,38,42)(H,35,36,37);1-2H3. The second-order valence-electron chi connectivity index (χ2n) is 11.9. The molecule has 0 spiro atoms. The maximum atomic E-state index is 12.2. The third kappa shape index (κ3) is 8.58. The van der Waals surface area contributed by atoms with Crippen molar-refractivity contribution in [3.63, 3.8) is 0 Å². The van der Waals surface area contributed by atoms with E-state index in [1.807, 2.05) is 96.9 Å². The van der Waals surface area contributed by atoms with Gasteiger partial charge in [0.1, 0.15) is 34.5 Å². The number of nitrogens with one attached hydrogen (secondary N) is 2. The Kier molecular flexibility index (Phi) is 10.9. The molecule has 5 rings (SSSR count). The van der Waals surface area contributed by atoms with Crippen molar-refractivity contribution in [3.05, 3.63) is 54.5 Å². The van der Waals surface area contributed by atoms with Crippen LogP contribution < -0.4 is 25.2 Å². The molecule has 1 aliphatic rings. The summed E-state index contributed by atoms with van der Waals surface area (Å²) in [5, 5.41) is 6.36. The number of amides is 1. The number of carbonyl (C=O) groups is 1.